The molecule has 4 aromatic rings. The third kappa shape index (κ3) is 7.62. The lowest BCUT2D eigenvalue weighted by Crippen LogP contribution is -2.19. The van der Waals surface area contributed by atoms with Crippen molar-refractivity contribution in [2.75, 3.05) is 5.32 Å². The summed E-state index contributed by atoms with van der Waals surface area (Å²) >= 11 is 1.05. The second-order valence-electron chi connectivity index (χ2n) is 8.50. The van der Waals surface area contributed by atoms with Gasteiger partial charge in [-0.3, -0.25) is 4.79 Å². The summed E-state index contributed by atoms with van der Waals surface area (Å²) in [5.41, 5.74) is -1.53. The summed E-state index contributed by atoms with van der Waals surface area (Å²) in [5, 5.41) is 20.5. The highest BCUT2D eigenvalue weighted by atomic mass is 32.1. The van der Waals surface area contributed by atoms with Crippen LogP contribution in [0.4, 0.5) is 31.5 Å². The van der Waals surface area contributed by atoms with Crippen LogP contribution in [0.15, 0.2) is 66.7 Å². The highest BCUT2D eigenvalue weighted by Crippen LogP contribution is 2.39. The van der Waals surface area contributed by atoms with Gasteiger partial charge in [-0.1, -0.05) is 23.5 Å². The minimum absolute atomic E-state index is 0.0164. The van der Waals surface area contributed by atoms with E-state index in [0.717, 1.165) is 35.6 Å². The number of hydrogen-bond acceptors (Lipinski definition) is 7. The van der Waals surface area contributed by atoms with Crippen LogP contribution in [-0.2, 0) is 17.1 Å². The molecule has 1 heterocycles. The fraction of sp³-hybridized carbons (Fsp3) is 0.192. The molecule has 0 bridgehead atoms. The topological polar surface area (TPSA) is 93.6 Å². The molecule has 210 valence electrons. The monoisotopic (exact) mass is 583 g/mol. The van der Waals surface area contributed by atoms with Crippen molar-refractivity contribution in [1.29, 1.82) is 0 Å². The summed E-state index contributed by atoms with van der Waals surface area (Å²) in [7, 11) is 0. The van der Waals surface area contributed by atoms with E-state index in [4.69, 9.17) is 14.6 Å². The van der Waals surface area contributed by atoms with Crippen LogP contribution in [0.3, 0.4) is 0 Å². The van der Waals surface area contributed by atoms with Crippen LogP contribution < -0.4 is 14.8 Å². The molecule has 0 amide bonds. The van der Waals surface area contributed by atoms with Crippen LogP contribution in [0, 0.1) is 0 Å². The average Bonchev–Trinajstić information content (AvgIpc) is 3.31. The van der Waals surface area contributed by atoms with Gasteiger partial charge in [0.25, 0.3) is 0 Å². The Kier molecular flexibility index (Phi) is 8.18. The van der Waals surface area contributed by atoms with Crippen molar-refractivity contribution in [3.05, 3.63) is 77.9 Å². The minimum atomic E-state index is -4.60. The van der Waals surface area contributed by atoms with Gasteiger partial charge in [0.2, 0.25) is 5.13 Å². The number of rotatable bonds is 9. The number of carbonyl (C=O) groups is 1. The molecule has 0 aliphatic rings. The average molecular weight is 584 g/mol. The van der Waals surface area contributed by atoms with Gasteiger partial charge in [-0.05, 0) is 55.5 Å². The van der Waals surface area contributed by atoms with Crippen LogP contribution in [-0.4, -0.2) is 27.3 Å². The zero-order valence-electron chi connectivity index (χ0n) is 20.4. The number of alkyl halides is 6. The molecule has 7 nitrogen and oxygen atoms in total. The fourth-order valence-electron chi connectivity index (χ4n) is 3.48. The molecule has 1 aromatic heterocycles. The molecule has 1 unspecified atom stereocenters. The van der Waals surface area contributed by atoms with Crippen molar-refractivity contribution in [2.24, 2.45) is 0 Å². The largest absolute Gasteiger partial charge is 0.481 e. The summed E-state index contributed by atoms with van der Waals surface area (Å²) in [6, 6.07) is 12.1. The molecule has 3 aromatic carbocycles. The van der Waals surface area contributed by atoms with Gasteiger partial charge in [0.1, 0.15) is 28.0 Å². The Morgan fingerprint density at radius 2 is 1.38 bits per heavy atom. The third-order valence-electron chi connectivity index (χ3n) is 5.20. The van der Waals surface area contributed by atoms with Crippen molar-refractivity contribution < 1.29 is 45.7 Å². The summed E-state index contributed by atoms with van der Waals surface area (Å²) in [6.45, 7) is 1.64. The number of anilines is 1. The maximum Gasteiger partial charge on any atom is 0.416 e. The predicted octanol–water partition coefficient (Wildman–Crippen LogP) is 8.10. The molecule has 40 heavy (non-hydrogen) atoms. The normalized spacial score (nSPS) is 12.6. The van der Waals surface area contributed by atoms with Crippen molar-refractivity contribution in [3.63, 3.8) is 0 Å². The van der Waals surface area contributed by atoms with Crippen molar-refractivity contribution >= 4 is 22.4 Å². The molecule has 0 fully saturated rings. The standard InChI is InChI=1S/C26H19F6N3O4S/c1-14(8-22(36)37)33-24-35-34-23(40-24)15-9-20(38-18-6-2-4-16(11-18)25(27,28)29)13-21(10-15)39-19-7-3-5-17(12-19)26(30,31)32/h2-7,9-14H,8H2,1H3,(H,33,35)(H,36,37). The van der Waals surface area contributed by atoms with E-state index in [0.29, 0.717) is 15.7 Å². The Labute approximate surface area is 227 Å². The van der Waals surface area contributed by atoms with E-state index in [1.54, 1.807) is 6.92 Å². The van der Waals surface area contributed by atoms with Crippen LogP contribution in [0.1, 0.15) is 24.5 Å². The number of carboxylic acid groups (broad SMARTS) is 1. The second-order valence-corrected chi connectivity index (χ2v) is 9.48. The SMILES string of the molecule is CC(CC(=O)O)Nc1nnc(-c2cc(Oc3cccc(C(F)(F)F)c3)cc(Oc3cccc(C(F)(F)F)c3)c2)s1. The number of nitrogens with one attached hydrogen (secondary N) is 1. The minimum Gasteiger partial charge on any atom is -0.481 e. The first-order chi connectivity index (χ1) is 18.8. The first kappa shape index (κ1) is 28.7. The molecule has 14 heteroatoms. The zero-order chi connectivity index (χ0) is 29.1. The lowest BCUT2D eigenvalue weighted by atomic mass is 10.2. The number of aliphatic carboxylic acids is 1. The quantitative estimate of drug-likeness (QED) is 0.192. The fourth-order valence-corrected chi connectivity index (χ4v) is 4.32. The molecule has 2 N–H and O–H groups in total. The molecule has 0 spiro atoms. The van der Waals surface area contributed by atoms with E-state index < -0.39 is 35.5 Å². The lowest BCUT2D eigenvalue weighted by Gasteiger charge is -2.13. The molecule has 0 saturated heterocycles. The highest BCUT2D eigenvalue weighted by molar-refractivity contribution is 7.18. The Morgan fingerprint density at radius 1 is 0.850 bits per heavy atom. The number of nitrogens with zero attached hydrogens (tertiary/aromatic N) is 2. The van der Waals surface area contributed by atoms with Gasteiger partial charge in [0.05, 0.1) is 17.5 Å². The number of ether oxygens (including phenoxy) is 2. The van der Waals surface area contributed by atoms with Crippen LogP contribution in [0.25, 0.3) is 10.6 Å². The number of benzene rings is 3. The predicted molar refractivity (Wildman–Crippen MR) is 134 cm³/mol. The van der Waals surface area contributed by atoms with Gasteiger partial charge in [-0.25, -0.2) is 0 Å². The van der Waals surface area contributed by atoms with Gasteiger partial charge >= 0.3 is 18.3 Å². The second kappa shape index (κ2) is 11.4. The molecular weight excluding hydrogens is 564 g/mol. The summed E-state index contributed by atoms with van der Waals surface area (Å²) in [4.78, 5) is 10.9. The van der Waals surface area contributed by atoms with Gasteiger partial charge in [-0.15, -0.1) is 10.2 Å². The smallest absolute Gasteiger partial charge is 0.416 e. The van der Waals surface area contributed by atoms with E-state index in [1.807, 2.05) is 0 Å². The molecule has 0 aliphatic carbocycles. The molecule has 1 atom stereocenters. The number of halogens is 6. The summed E-state index contributed by atoms with van der Waals surface area (Å²) < 4.78 is 90.3. The Morgan fingerprint density at radius 3 is 1.85 bits per heavy atom. The van der Waals surface area contributed by atoms with Crippen LogP contribution in [0.5, 0.6) is 23.0 Å². The third-order valence-corrected chi connectivity index (χ3v) is 6.10. The molecule has 0 radical (unpaired) electrons. The Balaban J connectivity index is 1.69. The Hall–Kier alpha value is -4.33. The number of hydrogen-bond donors (Lipinski definition) is 2. The highest BCUT2D eigenvalue weighted by Gasteiger charge is 2.31. The van der Waals surface area contributed by atoms with Crippen LogP contribution in [0.2, 0.25) is 0 Å². The molecule has 4 rings (SSSR count). The molecular formula is C26H19F6N3O4S. The van der Waals surface area contributed by atoms with E-state index in [-0.39, 0.29) is 29.4 Å². The Bertz CT molecular complexity index is 1430. The number of aromatic nitrogens is 2. The van der Waals surface area contributed by atoms with Gasteiger partial charge in [0, 0.05) is 17.7 Å². The van der Waals surface area contributed by atoms with Gasteiger partial charge < -0.3 is 19.9 Å². The van der Waals surface area contributed by atoms with Crippen molar-refractivity contribution in [2.45, 2.75) is 31.7 Å². The van der Waals surface area contributed by atoms with E-state index in [9.17, 15) is 31.1 Å². The first-order valence-corrected chi connectivity index (χ1v) is 12.3. The first-order valence-electron chi connectivity index (χ1n) is 11.4. The van der Waals surface area contributed by atoms with E-state index in [2.05, 4.69) is 15.5 Å². The van der Waals surface area contributed by atoms with Crippen LogP contribution >= 0.6 is 11.3 Å². The van der Waals surface area contributed by atoms with Gasteiger partial charge in [-0.2, -0.15) is 26.3 Å². The molecule has 0 saturated carbocycles. The van der Waals surface area contributed by atoms with E-state index >= 15 is 0 Å². The zero-order valence-corrected chi connectivity index (χ0v) is 21.2. The van der Waals surface area contributed by atoms with Crippen molar-refractivity contribution in [1.82, 2.24) is 10.2 Å². The maximum atomic E-state index is 13.2. The summed E-state index contributed by atoms with van der Waals surface area (Å²) in [5.74, 6) is -1.26. The summed E-state index contributed by atoms with van der Waals surface area (Å²) in [6.07, 6.45) is -9.39. The lowest BCUT2D eigenvalue weighted by molar-refractivity contribution is -0.138. The molecule has 0 aliphatic heterocycles. The van der Waals surface area contributed by atoms with E-state index in [1.165, 1.54) is 42.5 Å². The van der Waals surface area contributed by atoms with Gasteiger partial charge in [0.15, 0.2) is 0 Å². The number of carboxylic acids is 1. The maximum absolute atomic E-state index is 13.2. The van der Waals surface area contributed by atoms with Crippen molar-refractivity contribution in [3.8, 4) is 33.6 Å².